The molecule has 0 N–H and O–H groups in total. The quantitative estimate of drug-likeness (QED) is 0.153. The second-order valence-electron chi connectivity index (χ2n) is 34.5. The first-order chi connectivity index (χ1) is 41.2. The lowest BCUT2D eigenvalue weighted by Gasteiger charge is -2.45. The van der Waals surface area contributed by atoms with Crippen LogP contribution >= 0.6 is 0 Å². The third kappa shape index (κ3) is 11.9. The van der Waals surface area contributed by atoms with Crippen molar-refractivity contribution in [2.24, 2.45) is 0 Å². The fourth-order valence-corrected chi connectivity index (χ4v) is 13.4. The molecule has 2 nitrogen and oxygen atoms in total. The lowest BCUT2D eigenvalue weighted by Crippen LogP contribution is -2.61. The Labute approximate surface area is 538 Å². The van der Waals surface area contributed by atoms with Crippen LogP contribution in [-0.4, -0.2) is 6.71 Å². The van der Waals surface area contributed by atoms with E-state index in [-0.39, 0.29) is 50.0 Å². The molecular formula is C86H101BN2. The van der Waals surface area contributed by atoms with Crippen molar-refractivity contribution in [1.82, 2.24) is 0 Å². The number of benzene rings is 9. The number of nitrogens with zero attached hydrogens (tertiary/aromatic N) is 2. The Kier molecular flexibility index (Phi) is 15.4. The molecule has 0 saturated carbocycles. The maximum absolute atomic E-state index is 2.69. The van der Waals surface area contributed by atoms with E-state index in [1.54, 1.807) is 0 Å². The van der Waals surface area contributed by atoms with Crippen LogP contribution in [0, 0.1) is 0 Å². The molecule has 458 valence electrons. The predicted molar refractivity (Wildman–Crippen MR) is 392 cm³/mol. The second-order valence-corrected chi connectivity index (χ2v) is 34.5. The van der Waals surface area contributed by atoms with Crippen LogP contribution in [0.25, 0.3) is 44.5 Å². The van der Waals surface area contributed by atoms with Crippen LogP contribution in [0.3, 0.4) is 0 Å². The molecule has 0 spiro atoms. The SMILES string of the molecule is CC(C)(C)c1cc(-c2cccc(-c3cc(C(C)(C)C)cc(C(C)(C)C)c3)c2N2c3ccccc3B3c4ccccc4N(c4c(-c5cc(C(C)(C)C)cc(C(C)(C)C)c5)cccc4-c4cc(C(C)(C)C)cc(C(C)(C)C)c4)c4cccc2c43)cc(C(C)(C)C)c1. The lowest BCUT2D eigenvalue weighted by atomic mass is 9.33. The van der Waals surface area contributed by atoms with E-state index in [4.69, 9.17) is 0 Å². The minimum Gasteiger partial charge on any atom is -0.310 e. The van der Waals surface area contributed by atoms with Crippen molar-refractivity contribution in [1.29, 1.82) is 0 Å². The molecule has 2 aliphatic rings. The summed E-state index contributed by atoms with van der Waals surface area (Å²) >= 11 is 0. The molecule has 3 heteroatoms. The maximum atomic E-state index is 2.69. The number of fused-ring (bicyclic) bond motifs is 4. The van der Waals surface area contributed by atoms with Gasteiger partial charge in [0.05, 0.1) is 11.4 Å². The van der Waals surface area contributed by atoms with Gasteiger partial charge in [0.25, 0.3) is 6.71 Å². The van der Waals surface area contributed by atoms with Gasteiger partial charge in [0.2, 0.25) is 0 Å². The van der Waals surface area contributed by atoms with Gasteiger partial charge in [-0.25, -0.2) is 0 Å². The zero-order valence-electron chi connectivity index (χ0n) is 58.7. The summed E-state index contributed by atoms with van der Waals surface area (Å²) < 4.78 is 0. The molecule has 0 fully saturated rings. The summed E-state index contributed by atoms with van der Waals surface area (Å²) in [5.41, 5.74) is 30.9. The summed E-state index contributed by atoms with van der Waals surface area (Å²) in [5.74, 6) is 0. The van der Waals surface area contributed by atoms with Crippen LogP contribution in [0.1, 0.15) is 211 Å². The van der Waals surface area contributed by atoms with Crippen LogP contribution in [-0.2, 0) is 43.3 Å². The number of rotatable bonds is 6. The summed E-state index contributed by atoms with van der Waals surface area (Å²) in [5, 5.41) is 0. The van der Waals surface area contributed by atoms with Crippen LogP contribution < -0.4 is 26.2 Å². The Morgan fingerprint density at radius 2 is 0.427 bits per heavy atom. The van der Waals surface area contributed by atoms with Crippen molar-refractivity contribution in [3.63, 3.8) is 0 Å². The average molecular weight is 1170 g/mol. The van der Waals surface area contributed by atoms with Gasteiger partial charge in [-0.15, -0.1) is 0 Å². The van der Waals surface area contributed by atoms with Gasteiger partial charge in [-0.05, 0) is 151 Å². The molecule has 2 aliphatic heterocycles. The summed E-state index contributed by atoms with van der Waals surface area (Å²) in [4.78, 5) is 5.39. The Bertz CT molecular complexity index is 3640. The maximum Gasteiger partial charge on any atom is 0.252 e. The van der Waals surface area contributed by atoms with Crippen molar-refractivity contribution in [2.75, 3.05) is 9.80 Å². The monoisotopic (exact) mass is 1170 g/mol. The largest absolute Gasteiger partial charge is 0.310 e. The Balaban J connectivity index is 1.30. The lowest BCUT2D eigenvalue weighted by molar-refractivity contribution is 0.568. The number of hydrogen-bond acceptors (Lipinski definition) is 2. The average Bonchev–Trinajstić information content (AvgIpc) is 0.721. The van der Waals surface area contributed by atoms with E-state index in [1.165, 1.54) is 140 Å². The zero-order valence-corrected chi connectivity index (χ0v) is 58.7. The molecule has 89 heavy (non-hydrogen) atoms. The minimum absolute atomic E-state index is 0.0610. The smallest absolute Gasteiger partial charge is 0.252 e. The number of para-hydroxylation sites is 4. The highest BCUT2D eigenvalue weighted by Crippen LogP contribution is 2.54. The van der Waals surface area contributed by atoms with E-state index in [0.717, 1.165) is 0 Å². The topological polar surface area (TPSA) is 6.48 Å². The van der Waals surface area contributed by atoms with E-state index in [9.17, 15) is 0 Å². The molecule has 11 rings (SSSR count). The third-order valence-electron chi connectivity index (χ3n) is 19.2. The van der Waals surface area contributed by atoms with E-state index in [1.807, 2.05) is 0 Å². The van der Waals surface area contributed by atoms with Crippen LogP contribution in [0.15, 0.2) is 176 Å². The first-order valence-electron chi connectivity index (χ1n) is 33.0. The van der Waals surface area contributed by atoms with Gasteiger partial charge in [0.15, 0.2) is 0 Å². The molecule has 0 unspecified atom stereocenters. The fraction of sp³-hybridized carbons (Fsp3) is 0.372. The van der Waals surface area contributed by atoms with Gasteiger partial charge < -0.3 is 9.80 Å². The molecule has 9 aromatic carbocycles. The minimum atomic E-state index is -0.0867. The molecule has 0 radical (unpaired) electrons. The summed E-state index contributed by atoms with van der Waals surface area (Å²) in [6, 6.07) is 70.1. The van der Waals surface area contributed by atoms with E-state index < -0.39 is 0 Å². The van der Waals surface area contributed by atoms with Crippen molar-refractivity contribution in [3.8, 4) is 44.5 Å². The van der Waals surface area contributed by atoms with Crippen LogP contribution in [0.4, 0.5) is 34.1 Å². The highest BCUT2D eigenvalue weighted by molar-refractivity contribution is 7.00. The van der Waals surface area contributed by atoms with Gasteiger partial charge in [0.1, 0.15) is 0 Å². The van der Waals surface area contributed by atoms with Gasteiger partial charge in [-0.1, -0.05) is 318 Å². The molecule has 0 saturated heterocycles. The van der Waals surface area contributed by atoms with Gasteiger partial charge in [-0.2, -0.15) is 0 Å². The molecule has 0 aromatic heterocycles. The molecule has 0 atom stereocenters. The van der Waals surface area contributed by atoms with Crippen LogP contribution in [0.2, 0.25) is 0 Å². The zero-order chi connectivity index (χ0) is 64.7. The molecule has 9 aromatic rings. The molecule has 0 aliphatic carbocycles. The highest BCUT2D eigenvalue weighted by Gasteiger charge is 2.45. The first-order valence-corrected chi connectivity index (χ1v) is 33.0. The van der Waals surface area contributed by atoms with Crippen molar-refractivity contribution in [3.05, 3.63) is 220 Å². The third-order valence-corrected chi connectivity index (χ3v) is 19.2. The Hall–Kier alpha value is -7.36. The molecular weight excluding hydrogens is 1070 g/mol. The van der Waals surface area contributed by atoms with Gasteiger partial charge >= 0.3 is 0 Å². The predicted octanol–water partition coefficient (Wildman–Crippen LogP) is 22.8. The van der Waals surface area contributed by atoms with Crippen molar-refractivity contribution in [2.45, 2.75) is 209 Å². The van der Waals surface area contributed by atoms with Crippen LogP contribution in [0.5, 0.6) is 0 Å². The molecule has 0 bridgehead atoms. The first kappa shape index (κ1) is 63.2. The summed E-state index contributed by atoms with van der Waals surface area (Å²) in [7, 11) is 0. The van der Waals surface area contributed by atoms with Gasteiger partial charge in [0, 0.05) is 45.0 Å². The van der Waals surface area contributed by atoms with E-state index >= 15 is 0 Å². The summed E-state index contributed by atoms with van der Waals surface area (Å²) in [6.45, 7) is 56.7. The normalized spacial score (nSPS) is 14.0. The molecule has 2 heterocycles. The fourth-order valence-electron chi connectivity index (χ4n) is 13.4. The Morgan fingerprint density at radius 1 is 0.225 bits per heavy atom. The van der Waals surface area contributed by atoms with Crippen molar-refractivity contribution < 1.29 is 0 Å². The van der Waals surface area contributed by atoms with E-state index in [0.29, 0.717) is 0 Å². The van der Waals surface area contributed by atoms with Crippen molar-refractivity contribution >= 4 is 57.2 Å². The molecule has 0 amide bonds. The highest BCUT2D eigenvalue weighted by atomic mass is 15.2. The number of anilines is 6. The Morgan fingerprint density at radius 3 is 0.652 bits per heavy atom. The van der Waals surface area contributed by atoms with E-state index in [2.05, 4.69) is 352 Å². The standard InChI is InChI=1S/C86H101BN2/c1-79(2,3)58-42-54(43-59(50-58)80(4,5)6)66-32-29-33-67(55-44-60(81(7,8)9)51-61(45-55)82(10,11)12)77(66)88-72-38-27-25-36-70(72)87-71-37-26-28-39-73(71)89(75-41-31-40-74(88)76(75)87)78-68(56-46-62(83(13,14)15)52-63(47-56)84(16,17)18)34-30-35-69(78)57-48-64(85(19,20)21)53-65(49-57)86(22,23)24/h25-53H,1-24H3. The van der Waals surface area contributed by atoms with Gasteiger partial charge in [-0.3, -0.25) is 0 Å². The summed E-state index contributed by atoms with van der Waals surface area (Å²) in [6.07, 6.45) is 0. The second kappa shape index (κ2) is 21.7. The number of hydrogen-bond donors (Lipinski definition) is 0.